The van der Waals surface area contributed by atoms with Gasteiger partial charge in [-0.3, -0.25) is 4.79 Å². The first-order valence-electron chi connectivity index (χ1n) is 6.99. The number of ether oxygens (including phenoxy) is 1. The molecule has 1 heterocycles. The number of aryl methyl sites for hydroxylation is 1. The van der Waals surface area contributed by atoms with Crippen LogP contribution < -0.4 is 10.1 Å². The fourth-order valence-corrected chi connectivity index (χ4v) is 1.76. The number of likely N-dealkylation sites (N-methyl/N-ethyl adjacent to an activating group) is 1. The molecule has 0 atom stereocenters. The zero-order valence-corrected chi connectivity index (χ0v) is 13.0. The van der Waals surface area contributed by atoms with Crippen molar-refractivity contribution < 1.29 is 9.53 Å². The number of carbonyl (C=O) groups excluding carboxylic acids is 1. The van der Waals surface area contributed by atoms with Gasteiger partial charge >= 0.3 is 0 Å². The highest BCUT2D eigenvalue weighted by molar-refractivity contribution is 5.77. The Kier molecular flexibility index (Phi) is 5.30. The second kappa shape index (κ2) is 7.40. The summed E-state index contributed by atoms with van der Waals surface area (Å²) in [5, 5.41) is 3.23. The molecule has 0 spiro atoms. The molecule has 0 saturated carbocycles. The summed E-state index contributed by atoms with van der Waals surface area (Å²) in [6, 6.07) is 9.51. The van der Waals surface area contributed by atoms with E-state index in [9.17, 15) is 4.79 Å². The van der Waals surface area contributed by atoms with Gasteiger partial charge in [0.05, 0.1) is 0 Å². The SMILES string of the molecule is Cc1cc(NCc2cccc(OCC(=O)N(C)C)c2)ncn1. The lowest BCUT2D eigenvalue weighted by Gasteiger charge is -2.12. The van der Waals surface area contributed by atoms with Crippen LogP contribution in [0.1, 0.15) is 11.3 Å². The normalized spacial score (nSPS) is 10.1. The molecule has 1 aromatic carbocycles. The number of hydrogen-bond acceptors (Lipinski definition) is 5. The molecule has 0 bridgehead atoms. The van der Waals surface area contributed by atoms with Gasteiger partial charge in [0.2, 0.25) is 0 Å². The minimum atomic E-state index is -0.0695. The van der Waals surface area contributed by atoms with Crippen molar-refractivity contribution in [1.29, 1.82) is 0 Å². The Balaban J connectivity index is 1.92. The molecular formula is C16H20N4O2. The van der Waals surface area contributed by atoms with Crippen LogP contribution in [0.3, 0.4) is 0 Å². The van der Waals surface area contributed by atoms with Gasteiger partial charge < -0.3 is 15.0 Å². The third-order valence-electron chi connectivity index (χ3n) is 3.04. The van der Waals surface area contributed by atoms with Gasteiger partial charge in [-0.2, -0.15) is 0 Å². The molecule has 1 N–H and O–H groups in total. The molecule has 1 aromatic heterocycles. The van der Waals surface area contributed by atoms with E-state index in [0.29, 0.717) is 12.3 Å². The van der Waals surface area contributed by atoms with Gasteiger partial charge in [-0.15, -0.1) is 0 Å². The summed E-state index contributed by atoms with van der Waals surface area (Å²) in [7, 11) is 3.41. The molecular weight excluding hydrogens is 280 g/mol. The number of carbonyl (C=O) groups is 1. The fourth-order valence-electron chi connectivity index (χ4n) is 1.76. The second-order valence-electron chi connectivity index (χ2n) is 5.12. The van der Waals surface area contributed by atoms with Crippen molar-refractivity contribution in [3.8, 4) is 5.75 Å². The summed E-state index contributed by atoms with van der Waals surface area (Å²) in [6.07, 6.45) is 1.53. The molecule has 0 radical (unpaired) electrons. The Morgan fingerprint density at radius 3 is 2.82 bits per heavy atom. The average molecular weight is 300 g/mol. The van der Waals surface area contributed by atoms with Crippen LogP contribution in [0.25, 0.3) is 0 Å². The summed E-state index contributed by atoms with van der Waals surface area (Å²) < 4.78 is 5.50. The summed E-state index contributed by atoms with van der Waals surface area (Å²) >= 11 is 0. The van der Waals surface area contributed by atoms with Gasteiger partial charge in [-0.05, 0) is 24.6 Å². The van der Waals surface area contributed by atoms with Crippen LogP contribution in [-0.2, 0) is 11.3 Å². The molecule has 0 unspecified atom stereocenters. The lowest BCUT2D eigenvalue weighted by atomic mass is 10.2. The summed E-state index contributed by atoms with van der Waals surface area (Å²) in [5.41, 5.74) is 1.96. The summed E-state index contributed by atoms with van der Waals surface area (Å²) in [6.45, 7) is 2.58. The Morgan fingerprint density at radius 2 is 2.09 bits per heavy atom. The highest BCUT2D eigenvalue weighted by Crippen LogP contribution is 2.14. The minimum Gasteiger partial charge on any atom is -0.484 e. The zero-order valence-electron chi connectivity index (χ0n) is 13.0. The standard InChI is InChI=1S/C16H20N4O2/c1-12-7-15(19-11-18-12)17-9-13-5-4-6-14(8-13)22-10-16(21)20(2)3/h4-8,11H,9-10H2,1-3H3,(H,17,18,19). The topological polar surface area (TPSA) is 67.3 Å². The number of hydrogen-bond donors (Lipinski definition) is 1. The van der Waals surface area contributed by atoms with Crippen molar-refractivity contribution in [2.24, 2.45) is 0 Å². The zero-order chi connectivity index (χ0) is 15.9. The molecule has 0 fully saturated rings. The summed E-state index contributed by atoms with van der Waals surface area (Å²) in [4.78, 5) is 21.2. The monoisotopic (exact) mass is 300 g/mol. The van der Waals surface area contributed by atoms with Gasteiger partial charge in [0.1, 0.15) is 17.9 Å². The van der Waals surface area contributed by atoms with Crippen LogP contribution >= 0.6 is 0 Å². The lowest BCUT2D eigenvalue weighted by Crippen LogP contribution is -2.27. The molecule has 0 aliphatic rings. The number of aromatic nitrogens is 2. The van der Waals surface area contributed by atoms with Gasteiger partial charge in [-0.25, -0.2) is 9.97 Å². The molecule has 2 aromatic rings. The van der Waals surface area contributed by atoms with E-state index in [1.54, 1.807) is 14.1 Å². The molecule has 0 saturated heterocycles. The van der Waals surface area contributed by atoms with Crippen LogP contribution in [0.4, 0.5) is 5.82 Å². The first-order chi connectivity index (χ1) is 10.5. The van der Waals surface area contributed by atoms with Gasteiger partial charge in [-0.1, -0.05) is 12.1 Å². The molecule has 0 aliphatic carbocycles. The second-order valence-corrected chi connectivity index (χ2v) is 5.12. The first kappa shape index (κ1) is 15.8. The van der Waals surface area contributed by atoms with Gasteiger partial charge in [0.25, 0.3) is 5.91 Å². The fraction of sp³-hybridized carbons (Fsp3) is 0.312. The van der Waals surface area contributed by atoms with Crippen molar-refractivity contribution in [1.82, 2.24) is 14.9 Å². The number of amides is 1. The molecule has 116 valence electrons. The predicted molar refractivity (Wildman–Crippen MR) is 84.7 cm³/mol. The lowest BCUT2D eigenvalue weighted by molar-refractivity contribution is -0.130. The molecule has 6 heteroatoms. The van der Waals surface area contributed by atoms with E-state index < -0.39 is 0 Å². The van der Waals surface area contributed by atoms with E-state index in [0.717, 1.165) is 17.1 Å². The van der Waals surface area contributed by atoms with Crippen molar-refractivity contribution in [2.45, 2.75) is 13.5 Å². The highest BCUT2D eigenvalue weighted by atomic mass is 16.5. The quantitative estimate of drug-likeness (QED) is 0.882. The van der Waals surface area contributed by atoms with E-state index in [1.165, 1.54) is 11.2 Å². The molecule has 22 heavy (non-hydrogen) atoms. The number of nitrogens with zero attached hydrogens (tertiary/aromatic N) is 3. The van der Waals surface area contributed by atoms with Crippen LogP contribution in [0, 0.1) is 6.92 Å². The third-order valence-corrected chi connectivity index (χ3v) is 3.04. The Hall–Kier alpha value is -2.63. The minimum absolute atomic E-state index is 0.0367. The Bertz CT molecular complexity index is 644. The average Bonchev–Trinajstić information content (AvgIpc) is 2.51. The van der Waals surface area contributed by atoms with E-state index in [2.05, 4.69) is 15.3 Å². The molecule has 2 rings (SSSR count). The van der Waals surface area contributed by atoms with Gasteiger partial charge in [0, 0.05) is 32.4 Å². The number of nitrogens with one attached hydrogen (secondary N) is 1. The maximum absolute atomic E-state index is 11.5. The van der Waals surface area contributed by atoms with Crippen LogP contribution in [0.2, 0.25) is 0 Å². The molecule has 1 amide bonds. The third kappa shape index (κ3) is 4.73. The predicted octanol–water partition coefficient (Wildman–Crippen LogP) is 1.86. The van der Waals surface area contributed by atoms with E-state index in [4.69, 9.17) is 4.74 Å². The Labute approximate surface area is 130 Å². The number of anilines is 1. The van der Waals surface area contributed by atoms with Crippen LogP contribution in [0.5, 0.6) is 5.75 Å². The smallest absolute Gasteiger partial charge is 0.259 e. The largest absolute Gasteiger partial charge is 0.484 e. The molecule has 0 aliphatic heterocycles. The van der Waals surface area contributed by atoms with Crippen molar-refractivity contribution in [3.63, 3.8) is 0 Å². The number of benzene rings is 1. The van der Waals surface area contributed by atoms with E-state index in [1.807, 2.05) is 37.3 Å². The Morgan fingerprint density at radius 1 is 1.27 bits per heavy atom. The maximum Gasteiger partial charge on any atom is 0.259 e. The van der Waals surface area contributed by atoms with Crippen LogP contribution in [0.15, 0.2) is 36.7 Å². The maximum atomic E-state index is 11.5. The van der Waals surface area contributed by atoms with Crippen molar-refractivity contribution >= 4 is 11.7 Å². The summed E-state index contributed by atoms with van der Waals surface area (Å²) in [5.74, 6) is 1.38. The van der Waals surface area contributed by atoms with Gasteiger partial charge in [0.15, 0.2) is 6.61 Å². The highest BCUT2D eigenvalue weighted by Gasteiger charge is 2.05. The first-order valence-corrected chi connectivity index (χ1v) is 6.99. The number of rotatable bonds is 6. The van der Waals surface area contributed by atoms with E-state index in [-0.39, 0.29) is 12.5 Å². The molecule has 6 nitrogen and oxygen atoms in total. The van der Waals surface area contributed by atoms with E-state index >= 15 is 0 Å². The van der Waals surface area contributed by atoms with Crippen molar-refractivity contribution in [2.75, 3.05) is 26.0 Å². The van der Waals surface area contributed by atoms with Crippen LogP contribution in [-0.4, -0.2) is 41.5 Å². The van der Waals surface area contributed by atoms with Crippen molar-refractivity contribution in [3.05, 3.63) is 47.9 Å².